The Bertz CT molecular complexity index is 863. The lowest BCUT2D eigenvalue weighted by atomic mass is 9.80. The molecule has 0 bridgehead atoms. The van der Waals surface area contributed by atoms with Gasteiger partial charge < -0.3 is 4.90 Å². The summed E-state index contributed by atoms with van der Waals surface area (Å²) >= 11 is 0. The highest BCUT2D eigenvalue weighted by Gasteiger charge is 2.43. The summed E-state index contributed by atoms with van der Waals surface area (Å²) in [5, 5.41) is 17.7. The zero-order chi connectivity index (χ0) is 21.2. The molecule has 29 heavy (non-hydrogen) atoms. The first-order chi connectivity index (χ1) is 13.7. The molecule has 2 aliphatic heterocycles. The second kappa shape index (κ2) is 7.97. The number of nitriles is 1. The fourth-order valence-electron chi connectivity index (χ4n) is 4.05. The van der Waals surface area contributed by atoms with Gasteiger partial charge >= 0.3 is 6.18 Å². The number of azo groups is 1. The van der Waals surface area contributed by atoms with E-state index in [2.05, 4.69) is 16.3 Å². The van der Waals surface area contributed by atoms with Crippen LogP contribution < -0.4 is 0 Å². The topological polar surface area (TPSA) is 68.8 Å². The lowest BCUT2D eigenvalue weighted by Crippen LogP contribution is -2.42. The number of likely N-dealkylation sites (tertiary alicyclic amines) is 1. The Labute approximate surface area is 167 Å². The molecule has 0 aliphatic carbocycles. The maximum absolute atomic E-state index is 13.2. The molecule has 1 aromatic carbocycles. The van der Waals surface area contributed by atoms with Crippen molar-refractivity contribution in [1.82, 2.24) is 4.90 Å². The van der Waals surface area contributed by atoms with Crippen molar-refractivity contribution in [2.45, 2.75) is 44.8 Å². The molecule has 0 spiro atoms. The molecule has 154 valence electrons. The van der Waals surface area contributed by atoms with Gasteiger partial charge in [0.05, 0.1) is 17.6 Å². The molecule has 5 nitrogen and oxygen atoms in total. The normalized spacial score (nSPS) is 22.3. The van der Waals surface area contributed by atoms with Crippen LogP contribution in [0.25, 0.3) is 0 Å². The lowest BCUT2D eigenvalue weighted by Gasteiger charge is -2.34. The maximum atomic E-state index is 13.2. The van der Waals surface area contributed by atoms with Gasteiger partial charge in [0.25, 0.3) is 5.91 Å². The van der Waals surface area contributed by atoms with Crippen molar-refractivity contribution in [3.63, 3.8) is 0 Å². The fourth-order valence-corrected chi connectivity index (χ4v) is 4.05. The molecular formula is C21H23F3N4O. The van der Waals surface area contributed by atoms with Crippen LogP contribution in [-0.4, -0.2) is 30.1 Å². The summed E-state index contributed by atoms with van der Waals surface area (Å²) in [4.78, 5) is 14.7. The third-order valence-corrected chi connectivity index (χ3v) is 5.46. The summed E-state index contributed by atoms with van der Waals surface area (Å²) in [6.45, 7) is 4.16. The number of halogens is 3. The van der Waals surface area contributed by atoms with E-state index < -0.39 is 17.6 Å². The Hall–Kier alpha value is -2.69. The Morgan fingerprint density at radius 2 is 2.03 bits per heavy atom. The van der Waals surface area contributed by atoms with Crippen molar-refractivity contribution in [2.24, 2.45) is 22.1 Å². The quantitative estimate of drug-likeness (QED) is 0.693. The number of nitrogens with zero attached hydrogens (tertiary/aromatic N) is 4. The number of hydrogen-bond donors (Lipinski definition) is 0. The van der Waals surface area contributed by atoms with Crippen molar-refractivity contribution in [1.29, 1.82) is 5.26 Å². The number of carbonyl (C=O) groups is 1. The van der Waals surface area contributed by atoms with E-state index in [0.29, 0.717) is 23.1 Å². The Morgan fingerprint density at radius 3 is 2.55 bits per heavy atom. The first-order valence-corrected chi connectivity index (χ1v) is 9.66. The smallest absolute Gasteiger partial charge is 0.339 e. The van der Waals surface area contributed by atoms with Gasteiger partial charge in [-0.2, -0.15) is 28.7 Å². The average Bonchev–Trinajstić information content (AvgIpc) is 3.15. The van der Waals surface area contributed by atoms with Crippen LogP contribution >= 0.6 is 0 Å². The summed E-state index contributed by atoms with van der Waals surface area (Å²) in [6, 6.07) is 6.86. The van der Waals surface area contributed by atoms with Crippen LogP contribution in [0.5, 0.6) is 0 Å². The van der Waals surface area contributed by atoms with Crippen LogP contribution in [0.4, 0.5) is 13.2 Å². The summed E-state index contributed by atoms with van der Waals surface area (Å²) in [5.74, 6) is -1.46. The predicted octanol–water partition coefficient (Wildman–Crippen LogP) is 5.19. The fraction of sp³-hybridized carbons (Fsp3) is 0.524. The third-order valence-electron chi connectivity index (χ3n) is 5.46. The standard InChI is InChI=1S/C21H23F3N4O/c1-14(2)12-20(7-8-26-27-20)18-11-15(13-25)3-4-17(18)19(29)28-9-5-16(6-10-28)21(22,23)24/h3-4,7-8,11,14,16H,5-6,9-10,12H2,1-2H3. The first-order valence-electron chi connectivity index (χ1n) is 9.66. The molecule has 2 aliphatic rings. The van der Waals surface area contributed by atoms with Gasteiger partial charge in [0.15, 0.2) is 0 Å². The van der Waals surface area contributed by atoms with Crippen molar-refractivity contribution in [2.75, 3.05) is 13.1 Å². The molecule has 1 aromatic rings. The van der Waals surface area contributed by atoms with E-state index in [0.717, 1.165) is 0 Å². The minimum absolute atomic E-state index is 0.0526. The number of amides is 1. The summed E-state index contributed by atoms with van der Waals surface area (Å²) in [7, 11) is 0. The number of piperidine rings is 1. The molecule has 2 heterocycles. The molecule has 0 saturated carbocycles. The highest BCUT2D eigenvalue weighted by Crippen LogP contribution is 2.41. The molecule has 0 N–H and O–H groups in total. The van der Waals surface area contributed by atoms with Crippen LogP contribution in [0.2, 0.25) is 0 Å². The largest absolute Gasteiger partial charge is 0.391 e. The zero-order valence-electron chi connectivity index (χ0n) is 16.4. The van der Waals surface area contributed by atoms with Gasteiger partial charge in [-0.1, -0.05) is 13.8 Å². The number of rotatable bonds is 4. The summed E-state index contributed by atoms with van der Waals surface area (Å²) < 4.78 is 38.9. The highest BCUT2D eigenvalue weighted by molar-refractivity contribution is 5.96. The van der Waals surface area contributed by atoms with Crippen molar-refractivity contribution in [3.05, 3.63) is 47.2 Å². The van der Waals surface area contributed by atoms with Crippen LogP contribution in [0.3, 0.4) is 0 Å². The molecule has 1 unspecified atom stereocenters. The molecule has 1 atom stereocenters. The van der Waals surface area contributed by atoms with E-state index in [4.69, 9.17) is 0 Å². The number of hydrogen-bond acceptors (Lipinski definition) is 4. The Morgan fingerprint density at radius 1 is 1.34 bits per heavy atom. The summed E-state index contributed by atoms with van der Waals surface area (Å²) in [6.07, 6.45) is -0.445. The Kier molecular flexibility index (Phi) is 5.78. The van der Waals surface area contributed by atoms with Crippen molar-refractivity contribution < 1.29 is 18.0 Å². The van der Waals surface area contributed by atoms with Crippen LogP contribution in [0.1, 0.15) is 54.6 Å². The number of carbonyl (C=O) groups excluding carboxylic acids is 1. The van der Waals surface area contributed by atoms with E-state index >= 15 is 0 Å². The van der Waals surface area contributed by atoms with Gasteiger partial charge in [-0.05, 0) is 55.0 Å². The molecule has 1 saturated heterocycles. The predicted molar refractivity (Wildman–Crippen MR) is 101 cm³/mol. The minimum atomic E-state index is -4.23. The molecule has 0 radical (unpaired) electrons. The van der Waals surface area contributed by atoms with Gasteiger partial charge in [0.2, 0.25) is 0 Å². The van der Waals surface area contributed by atoms with Crippen LogP contribution in [0, 0.1) is 23.2 Å². The maximum Gasteiger partial charge on any atom is 0.391 e. The summed E-state index contributed by atoms with van der Waals surface area (Å²) in [5.41, 5.74) is 0.480. The van der Waals surface area contributed by atoms with E-state index in [-0.39, 0.29) is 37.8 Å². The minimum Gasteiger partial charge on any atom is -0.339 e. The zero-order valence-corrected chi connectivity index (χ0v) is 16.4. The highest BCUT2D eigenvalue weighted by atomic mass is 19.4. The molecule has 3 rings (SSSR count). The van der Waals surface area contributed by atoms with E-state index in [1.807, 2.05) is 19.9 Å². The number of alkyl halides is 3. The van der Waals surface area contributed by atoms with Gasteiger partial charge in [-0.25, -0.2) is 0 Å². The van der Waals surface area contributed by atoms with E-state index in [1.165, 1.54) is 4.90 Å². The monoisotopic (exact) mass is 404 g/mol. The van der Waals surface area contributed by atoms with Gasteiger partial charge in [-0.3, -0.25) is 4.79 Å². The molecule has 0 aromatic heterocycles. The van der Waals surface area contributed by atoms with Crippen molar-refractivity contribution in [3.8, 4) is 6.07 Å². The van der Waals surface area contributed by atoms with E-state index in [9.17, 15) is 23.2 Å². The second-order valence-electron chi connectivity index (χ2n) is 8.03. The third kappa shape index (κ3) is 4.34. The second-order valence-corrected chi connectivity index (χ2v) is 8.03. The average molecular weight is 404 g/mol. The molecule has 1 fully saturated rings. The first kappa shape index (κ1) is 21.0. The molecular weight excluding hydrogens is 381 g/mol. The molecule has 1 amide bonds. The Balaban J connectivity index is 1.94. The SMILES string of the molecule is CC(C)CC1(c2cc(C#N)ccc2C(=O)N2CCC(C(F)(F)F)CC2)C=CN=N1. The van der Waals surface area contributed by atoms with Crippen LogP contribution in [0.15, 0.2) is 40.7 Å². The van der Waals surface area contributed by atoms with Gasteiger partial charge in [-0.15, -0.1) is 0 Å². The number of benzene rings is 1. The van der Waals surface area contributed by atoms with Gasteiger partial charge in [0, 0.05) is 24.9 Å². The van der Waals surface area contributed by atoms with Crippen molar-refractivity contribution >= 4 is 5.91 Å². The lowest BCUT2D eigenvalue weighted by molar-refractivity contribution is -0.183. The van der Waals surface area contributed by atoms with Gasteiger partial charge in [0.1, 0.15) is 5.54 Å². The molecule has 8 heteroatoms. The van der Waals surface area contributed by atoms with E-state index in [1.54, 1.807) is 24.4 Å². The van der Waals surface area contributed by atoms with Crippen LogP contribution in [-0.2, 0) is 5.54 Å².